The fourth-order valence-corrected chi connectivity index (χ4v) is 3.32. The van der Waals surface area contributed by atoms with Gasteiger partial charge in [0.05, 0.1) is 13.2 Å². The molecule has 0 fully saturated rings. The fourth-order valence-electron chi connectivity index (χ4n) is 0.668. The van der Waals surface area contributed by atoms with Gasteiger partial charge < -0.3 is 4.43 Å². The van der Waals surface area contributed by atoms with E-state index in [0.717, 1.165) is 0 Å². The highest BCUT2D eigenvalue weighted by Gasteiger charge is 2.33. The van der Waals surface area contributed by atoms with Gasteiger partial charge in [-0.2, -0.15) is 0 Å². The van der Waals surface area contributed by atoms with Crippen LogP contribution in [0.2, 0.25) is 39.3 Å². The van der Waals surface area contributed by atoms with Gasteiger partial charge in [-0.3, -0.25) is 4.18 Å². The Hall–Kier alpha value is 0.304. The van der Waals surface area contributed by atoms with Crippen LogP contribution in [-0.4, -0.2) is 37.2 Å². The minimum absolute atomic E-state index is 0.136. The normalized spacial score (nSPS) is 14.3. The molecule has 0 atom stereocenters. The molecule has 0 rings (SSSR count). The molecule has 0 heterocycles. The van der Waals surface area contributed by atoms with Crippen molar-refractivity contribution in [1.29, 1.82) is 0 Å². The minimum atomic E-state index is -3.34. The van der Waals surface area contributed by atoms with Gasteiger partial charge in [0.2, 0.25) is 16.8 Å². The SMILES string of the molecule is C[Si](C)(C)OCCOS(=O)(=O)[Si](C)(C)C. The summed E-state index contributed by atoms with van der Waals surface area (Å²) in [6.45, 7) is 11.9. The first-order chi connectivity index (χ1) is 6.46. The predicted molar refractivity (Wildman–Crippen MR) is 67.5 cm³/mol. The first-order valence-electron chi connectivity index (χ1n) is 4.99. The van der Waals surface area contributed by atoms with Crippen molar-refractivity contribution in [2.75, 3.05) is 13.2 Å². The topological polar surface area (TPSA) is 52.6 Å². The molecule has 0 bridgehead atoms. The molecule has 0 aliphatic heterocycles. The van der Waals surface area contributed by atoms with E-state index in [1.807, 2.05) is 0 Å². The molecule has 0 saturated heterocycles. The third-order valence-corrected chi connectivity index (χ3v) is 9.51. The van der Waals surface area contributed by atoms with Crippen molar-refractivity contribution in [2.45, 2.75) is 39.3 Å². The molecule has 92 valence electrons. The summed E-state index contributed by atoms with van der Waals surface area (Å²) >= 11 is 0. The number of hydrogen-bond donors (Lipinski definition) is 0. The Morgan fingerprint density at radius 1 is 0.933 bits per heavy atom. The summed E-state index contributed by atoms with van der Waals surface area (Å²) in [6.07, 6.45) is 0. The zero-order valence-corrected chi connectivity index (χ0v) is 13.3. The van der Waals surface area contributed by atoms with E-state index in [-0.39, 0.29) is 6.61 Å². The van der Waals surface area contributed by atoms with Crippen molar-refractivity contribution in [3.05, 3.63) is 0 Å². The third-order valence-electron chi connectivity index (χ3n) is 1.61. The van der Waals surface area contributed by atoms with E-state index in [9.17, 15) is 8.42 Å². The first-order valence-corrected chi connectivity index (χ1v) is 14.0. The van der Waals surface area contributed by atoms with Crippen LogP contribution in [0.5, 0.6) is 0 Å². The van der Waals surface area contributed by atoms with Gasteiger partial charge in [0, 0.05) is 0 Å². The Kier molecular flexibility index (Phi) is 5.19. The van der Waals surface area contributed by atoms with E-state index in [4.69, 9.17) is 8.61 Å². The molecule has 0 radical (unpaired) electrons. The molecule has 0 amide bonds. The second-order valence-corrected chi connectivity index (χ2v) is 20.4. The largest absolute Gasteiger partial charge is 0.415 e. The van der Waals surface area contributed by atoms with Gasteiger partial charge >= 0.3 is 0 Å². The van der Waals surface area contributed by atoms with Crippen LogP contribution in [-0.2, 0) is 18.2 Å². The van der Waals surface area contributed by atoms with Crippen molar-refractivity contribution in [2.24, 2.45) is 0 Å². The van der Waals surface area contributed by atoms with E-state index < -0.39 is 25.1 Å². The smallest absolute Gasteiger partial charge is 0.229 e. The van der Waals surface area contributed by atoms with Crippen LogP contribution in [0, 0.1) is 0 Å². The maximum Gasteiger partial charge on any atom is 0.229 e. The molecule has 7 heteroatoms. The van der Waals surface area contributed by atoms with Gasteiger partial charge in [0.25, 0.3) is 0 Å². The molecule has 0 aromatic heterocycles. The predicted octanol–water partition coefficient (Wildman–Crippen LogP) is 2.02. The van der Waals surface area contributed by atoms with Crippen LogP contribution in [0.3, 0.4) is 0 Å². The quantitative estimate of drug-likeness (QED) is 0.547. The second kappa shape index (κ2) is 5.09. The Morgan fingerprint density at radius 2 is 1.40 bits per heavy atom. The van der Waals surface area contributed by atoms with Crippen LogP contribution in [0.1, 0.15) is 0 Å². The van der Waals surface area contributed by atoms with Gasteiger partial charge in [0.1, 0.15) is 0 Å². The molecule has 0 unspecified atom stereocenters. The van der Waals surface area contributed by atoms with Crippen molar-refractivity contribution in [1.82, 2.24) is 0 Å². The Morgan fingerprint density at radius 3 is 1.73 bits per heavy atom. The van der Waals surface area contributed by atoms with E-state index in [1.165, 1.54) is 0 Å². The maximum absolute atomic E-state index is 11.6. The average molecular weight is 270 g/mol. The number of rotatable bonds is 6. The lowest BCUT2D eigenvalue weighted by Gasteiger charge is -2.19. The minimum Gasteiger partial charge on any atom is -0.415 e. The lowest BCUT2D eigenvalue weighted by Crippen LogP contribution is -2.36. The van der Waals surface area contributed by atoms with Gasteiger partial charge in [-0.25, -0.2) is 8.42 Å². The van der Waals surface area contributed by atoms with Gasteiger partial charge in [-0.15, -0.1) is 0 Å². The Labute approximate surface area is 94.9 Å². The zero-order chi connectivity index (χ0) is 12.3. The molecule has 0 saturated carbocycles. The maximum atomic E-state index is 11.6. The molecular formula is C8H22O4SSi2. The number of hydrogen-bond acceptors (Lipinski definition) is 4. The average Bonchev–Trinajstić information content (AvgIpc) is 1.94. The highest BCUT2D eigenvalue weighted by Crippen LogP contribution is 2.13. The summed E-state index contributed by atoms with van der Waals surface area (Å²) in [5.41, 5.74) is 0. The summed E-state index contributed by atoms with van der Waals surface area (Å²) in [6, 6.07) is 0. The van der Waals surface area contributed by atoms with Gasteiger partial charge in [-0.1, -0.05) is 19.6 Å². The molecule has 0 spiro atoms. The van der Waals surface area contributed by atoms with E-state index in [0.29, 0.717) is 6.61 Å². The summed E-state index contributed by atoms with van der Waals surface area (Å²) in [4.78, 5) is 0. The first kappa shape index (κ1) is 15.3. The molecule has 15 heavy (non-hydrogen) atoms. The Balaban J connectivity index is 3.99. The fraction of sp³-hybridized carbons (Fsp3) is 1.00. The summed E-state index contributed by atoms with van der Waals surface area (Å²) in [5.74, 6) is 0. The second-order valence-electron chi connectivity index (χ2n) is 5.35. The lowest BCUT2D eigenvalue weighted by molar-refractivity contribution is 0.219. The molecule has 0 aromatic carbocycles. The van der Waals surface area contributed by atoms with E-state index in [1.54, 1.807) is 19.6 Å². The van der Waals surface area contributed by atoms with Crippen molar-refractivity contribution < 1.29 is 17.0 Å². The standard InChI is InChI=1S/C8H22O4SSi2/c1-14(2,3)12-8-7-11-13(9,10)15(4,5)6/h7-8H2,1-6H3. The van der Waals surface area contributed by atoms with Gasteiger partial charge in [0.15, 0.2) is 8.32 Å². The third kappa shape index (κ3) is 6.46. The molecular weight excluding hydrogens is 248 g/mol. The molecule has 4 nitrogen and oxygen atoms in total. The van der Waals surface area contributed by atoms with Crippen LogP contribution in [0.4, 0.5) is 0 Å². The highest BCUT2D eigenvalue weighted by atomic mass is 32.4. The summed E-state index contributed by atoms with van der Waals surface area (Å²) in [5, 5.41) is 0. The molecule has 0 N–H and O–H groups in total. The van der Waals surface area contributed by atoms with E-state index in [2.05, 4.69) is 19.6 Å². The lowest BCUT2D eigenvalue weighted by atomic mass is 10.8. The summed E-state index contributed by atoms with van der Waals surface area (Å²) < 4.78 is 33.6. The Bertz CT molecular complexity index is 287. The van der Waals surface area contributed by atoms with Crippen LogP contribution in [0.25, 0.3) is 0 Å². The zero-order valence-electron chi connectivity index (χ0n) is 10.5. The van der Waals surface area contributed by atoms with Crippen molar-refractivity contribution >= 4 is 25.1 Å². The van der Waals surface area contributed by atoms with Crippen LogP contribution < -0.4 is 0 Å². The molecule has 0 aromatic rings. The molecule has 0 aliphatic rings. The van der Waals surface area contributed by atoms with E-state index >= 15 is 0 Å². The van der Waals surface area contributed by atoms with Crippen molar-refractivity contribution in [3.63, 3.8) is 0 Å². The highest BCUT2D eigenvalue weighted by molar-refractivity contribution is 8.18. The van der Waals surface area contributed by atoms with Crippen LogP contribution >= 0.6 is 0 Å². The van der Waals surface area contributed by atoms with Crippen molar-refractivity contribution in [3.8, 4) is 0 Å². The van der Waals surface area contributed by atoms with Gasteiger partial charge in [-0.05, 0) is 19.6 Å². The summed E-state index contributed by atoms with van der Waals surface area (Å²) in [7, 11) is -7.18. The monoisotopic (exact) mass is 270 g/mol. The molecule has 0 aliphatic carbocycles. The van der Waals surface area contributed by atoms with Crippen LogP contribution in [0.15, 0.2) is 0 Å².